The van der Waals surface area contributed by atoms with Crippen molar-refractivity contribution in [1.29, 1.82) is 0 Å². The van der Waals surface area contributed by atoms with Gasteiger partial charge in [0.05, 0.1) is 4.90 Å². The Balaban J connectivity index is 1.97. The van der Waals surface area contributed by atoms with Crippen molar-refractivity contribution in [3.63, 3.8) is 0 Å². The zero-order valence-corrected chi connectivity index (χ0v) is 15.9. The first-order valence-corrected chi connectivity index (χ1v) is 10.4. The maximum absolute atomic E-state index is 12.3. The molecule has 0 radical (unpaired) electrons. The zero-order chi connectivity index (χ0) is 18.3. The van der Waals surface area contributed by atoms with E-state index in [0.717, 1.165) is 32.4 Å². The molecule has 1 heterocycles. The molecular weight excluding hydrogens is 340 g/mol. The van der Waals surface area contributed by atoms with E-state index >= 15 is 0 Å². The van der Waals surface area contributed by atoms with Crippen molar-refractivity contribution >= 4 is 15.9 Å². The van der Waals surface area contributed by atoms with Gasteiger partial charge in [0.25, 0.3) is 5.91 Å². The average molecular weight is 368 g/mol. The van der Waals surface area contributed by atoms with Crippen LogP contribution in [0.1, 0.15) is 44.6 Å². The van der Waals surface area contributed by atoms with Crippen LogP contribution >= 0.6 is 0 Å². The summed E-state index contributed by atoms with van der Waals surface area (Å²) in [5, 5.41) is 0. The van der Waals surface area contributed by atoms with Crippen LogP contribution in [-0.2, 0) is 14.8 Å². The third-order valence-corrected chi connectivity index (χ3v) is 5.77. The number of carbonyl (C=O) groups is 1. The van der Waals surface area contributed by atoms with E-state index in [-0.39, 0.29) is 17.4 Å². The fraction of sp³-hybridized carbons (Fsp3) is 0.611. The van der Waals surface area contributed by atoms with Crippen LogP contribution < -0.4 is 9.46 Å². The summed E-state index contributed by atoms with van der Waals surface area (Å²) in [5.41, 5.74) is 0.697. The molecule has 0 unspecified atom stereocenters. The highest BCUT2D eigenvalue weighted by Gasteiger charge is 2.18. The van der Waals surface area contributed by atoms with Crippen molar-refractivity contribution in [3.05, 3.63) is 23.8 Å². The molecule has 25 heavy (non-hydrogen) atoms. The molecule has 1 N–H and O–H groups in total. The lowest BCUT2D eigenvalue weighted by Gasteiger charge is -2.20. The van der Waals surface area contributed by atoms with E-state index in [4.69, 9.17) is 4.74 Å². The molecular formula is C18H28N2O4S. The number of hydrogen-bond acceptors (Lipinski definition) is 4. The predicted octanol–water partition coefficient (Wildman–Crippen LogP) is 2.46. The number of aryl methyl sites for hydroxylation is 1. The Bertz CT molecular complexity index is 680. The van der Waals surface area contributed by atoms with Gasteiger partial charge in [-0.1, -0.05) is 19.8 Å². The van der Waals surface area contributed by atoms with E-state index in [9.17, 15) is 13.2 Å². The Morgan fingerprint density at radius 1 is 1.20 bits per heavy atom. The van der Waals surface area contributed by atoms with Gasteiger partial charge in [0.2, 0.25) is 10.0 Å². The number of rotatable bonds is 7. The normalized spacial score (nSPS) is 15.7. The third-order valence-electron chi connectivity index (χ3n) is 4.31. The van der Waals surface area contributed by atoms with E-state index in [1.165, 1.54) is 18.9 Å². The van der Waals surface area contributed by atoms with Crippen molar-refractivity contribution in [2.45, 2.75) is 50.8 Å². The molecule has 0 aliphatic carbocycles. The molecule has 0 aromatic heterocycles. The molecule has 1 fully saturated rings. The number of likely N-dealkylation sites (tertiary alicyclic amines) is 1. The summed E-state index contributed by atoms with van der Waals surface area (Å²) >= 11 is 0. The smallest absolute Gasteiger partial charge is 0.260 e. The number of amides is 1. The monoisotopic (exact) mass is 368 g/mol. The van der Waals surface area contributed by atoms with E-state index in [1.54, 1.807) is 19.1 Å². The Hall–Kier alpha value is -1.60. The molecule has 0 atom stereocenters. The minimum Gasteiger partial charge on any atom is -0.483 e. The first kappa shape index (κ1) is 19.7. The summed E-state index contributed by atoms with van der Waals surface area (Å²) in [6.07, 6.45) is 5.17. The van der Waals surface area contributed by atoms with Gasteiger partial charge in [-0.2, -0.15) is 0 Å². The molecule has 1 aliphatic rings. The van der Waals surface area contributed by atoms with E-state index in [0.29, 0.717) is 17.9 Å². The summed E-state index contributed by atoms with van der Waals surface area (Å²) in [5.74, 6) is 0.528. The lowest BCUT2D eigenvalue weighted by atomic mass is 10.2. The number of carbonyl (C=O) groups excluding carboxylic acids is 1. The second-order valence-corrected chi connectivity index (χ2v) is 8.18. The van der Waals surface area contributed by atoms with E-state index in [1.807, 2.05) is 11.8 Å². The number of nitrogens with one attached hydrogen (secondary N) is 1. The third kappa shape index (κ3) is 5.71. The Morgan fingerprint density at radius 2 is 1.88 bits per heavy atom. The number of sulfonamides is 1. The maximum atomic E-state index is 12.3. The van der Waals surface area contributed by atoms with Gasteiger partial charge in [-0.15, -0.1) is 0 Å². The number of benzene rings is 1. The molecule has 0 saturated carbocycles. The van der Waals surface area contributed by atoms with Crippen LogP contribution in [0.25, 0.3) is 0 Å². The van der Waals surface area contributed by atoms with Gasteiger partial charge in [-0.3, -0.25) is 4.79 Å². The minimum absolute atomic E-state index is 0.0115. The summed E-state index contributed by atoms with van der Waals surface area (Å²) in [6.45, 7) is 5.67. The summed E-state index contributed by atoms with van der Waals surface area (Å²) in [6, 6.07) is 4.70. The molecule has 6 nitrogen and oxygen atoms in total. The van der Waals surface area contributed by atoms with Crippen LogP contribution in [0.3, 0.4) is 0 Å². The van der Waals surface area contributed by atoms with Crippen LogP contribution in [-0.4, -0.2) is 45.5 Å². The lowest BCUT2D eigenvalue weighted by molar-refractivity contribution is -0.133. The van der Waals surface area contributed by atoms with Gasteiger partial charge < -0.3 is 9.64 Å². The molecule has 1 saturated heterocycles. The van der Waals surface area contributed by atoms with E-state index < -0.39 is 10.0 Å². The van der Waals surface area contributed by atoms with Gasteiger partial charge in [0.1, 0.15) is 5.75 Å². The first-order chi connectivity index (χ1) is 11.9. The second-order valence-electron chi connectivity index (χ2n) is 6.41. The molecule has 1 aromatic carbocycles. The average Bonchev–Trinajstić information content (AvgIpc) is 2.88. The summed E-state index contributed by atoms with van der Waals surface area (Å²) in [7, 11) is -3.49. The van der Waals surface area contributed by atoms with Crippen molar-refractivity contribution in [1.82, 2.24) is 9.62 Å². The van der Waals surface area contributed by atoms with Crippen molar-refractivity contribution in [3.8, 4) is 5.75 Å². The van der Waals surface area contributed by atoms with Gasteiger partial charge in [-0.05, 0) is 49.9 Å². The minimum atomic E-state index is -3.49. The highest BCUT2D eigenvalue weighted by atomic mass is 32.2. The standard InChI is InChI=1S/C18H28N2O4S/c1-3-10-19-25(22,23)16-8-9-17(15(2)13-16)24-14-18(21)20-11-6-4-5-7-12-20/h8-9,13,19H,3-7,10-12,14H2,1-2H3. The van der Waals surface area contributed by atoms with Gasteiger partial charge >= 0.3 is 0 Å². The van der Waals surface area contributed by atoms with Crippen molar-refractivity contribution < 1.29 is 17.9 Å². The van der Waals surface area contributed by atoms with Gasteiger partial charge in [0.15, 0.2) is 6.61 Å². The lowest BCUT2D eigenvalue weighted by Crippen LogP contribution is -2.35. The summed E-state index contributed by atoms with van der Waals surface area (Å²) < 4.78 is 32.5. The van der Waals surface area contributed by atoms with Gasteiger partial charge in [0, 0.05) is 19.6 Å². The van der Waals surface area contributed by atoms with Crippen LogP contribution in [0.2, 0.25) is 0 Å². The molecule has 1 aromatic rings. The Labute approximate surface area is 150 Å². The van der Waals surface area contributed by atoms with Crippen molar-refractivity contribution in [2.24, 2.45) is 0 Å². The summed E-state index contributed by atoms with van der Waals surface area (Å²) in [4.78, 5) is 14.3. The molecule has 1 amide bonds. The first-order valence-electron chi connectivity index (χ1n) is 8.95. The highest BCUT2D eigenvalue weighted by molar-refractivity contribution is 7.89. The zero-order valence-electron chi connectivity index (χ0n) is 15.1. The SMILES string of the molecule is CCCNS(=O)(=O)c1ccc(OCC(=O)N2CCCCCC2)c(C)c1. The number of hydrogen-bond donors (Lipinski definition) is 1. The van der Waals surface area contributed by atoms with Crippen molar-refractivity contribution in [2.75, 3.05) is 26.2 Å². The fourth-order valence-electron chi connectivity index (χ4n) is 2.82. The van der Waals surface area contributed by atoms with Crippen LogP contribution in [0, 0.1) is 6.92 Å². The number of ether oxygens (including phenoxy) is 1. The van der Waals surface area contributed by atoms with E-state index in [2.05, 4.69) is 4.72 Å². The molecule has 140 valence electrons. The highest BCUT2D eigenvalue weighted by Crippen LogP contribution is 2.22. The largest absolute Gasteiger partial charge is 0.483 e. The second kappa shape index (κ2) is 9.20. The molecule has 0 spiro atoms. The molecule has 1 aliphatic heterocycles. The Kier molecular flexibility index (Phi) is 7.25. The molecule has 2 rings (SSSR count). The predicted molar refractivity (Wildman–Crippen MR) is 97.2 cm³/mol. The van der Waals surface area contributed by atoms with Crippen LogP contribution in [0.5, 0.6) is 5.75 Å². The Morgan fingerprint density at radius 3 is 2.48 bits per heavy atom. The molecule has 0 bridgehead atoms. The topological polar surface area (TPSA) is 75.7 Å². The van der Waals surface area contributed by atoms with Crippen LogP contribution in [0.15, 0.2) is 23.1 Å². The maximum Gasteiger partial charge on any atom is 0.260 e. The van der Waals surface area contributed by atoms with Crippen LogP contribution in [0.4, 0.5) is 0 Å². The molecule has 7 heteroatoms. The number of nitrogens with zero attached hydrogens (tertiary/aromatic N) is 1. The van der Waals surface area contributed by atoms with Gasteiger partial charge in [-0.25, -0.2) is 13.1 Å². The fourth-order valence-corrected chi connectivity index (χ4v) is 4.04. The quantitative estimate of drug-likeness (QED) is 0.802.